The molecule has 0 radical (unpaired) electrons. The first kappa shape index (κ1) is 13.1. The highest BCUT2D eigenvalue weighted by atomic mass is 15.2. The van der Waals surface area contributed by atoms with Gasteiger partial charge < -0.3 is 5.32 Å². The molecular formula is C17H26N2. The van der Waals surface area contributed by atoms with Gasteiger partial charge in [0.05, 0.1) is 0 Å². The van der Waals surface area contributed by atoms with Crippen LogP contribution in [0.4, 0.5) is 0 Å². The molecular weight excluding hydrogens is 232 g/mol. The highest BCUT2D eigenvalue weighted by molar-refractivity contribution is 5.16. The van der Waals surface area contributed by atoms with Gasteiger partial charge in [0.15, 0.2) is 0 Å². The van der Waals surface area contributed by atoms with Crippen LogP contribution in [0.5, 0.6) is 0 Å². The summed E-state index contributed by atoms with van der Waals surface area (Å²) in [6.07, 6.45) is 5.31. The molecule has 19 heavy (non-hydrogen) atoms. The summed E-state index contributed by atoms with van der Waals surface area (Å²) < 4.78 is 0. The molecule has 2 aliphatic rings. The molecule has 1 N–H and O–H groups in total. The van der Waals surface area contributed by atoms with Crippen molar-refractivity contribution in [2.75, 3.05) is 26.2 Å². The normalized spacial score (nSPS) is 31.9. The van der Waals surface area contributed by atoms with Crippen molar-refractivity contribution in [3.8, 4) is 0 Å². The molecule has 0 aliphatic carbocycles. The minimum Gasteiger partial charge on any atom is -0.316 e. The highest BCUT2D eigenvalue weighted by Crippen LogP contribution is 2.30. The van der Waals surface area contributed by atoms with Gasteiger partial charge in [-0.2, -0.15) is 0 Å². The van der Waals surface area contributed by atoms with Gasteiger partial charge in [0, 0.05) is 19.1 Å². The topological polar surface area (TPSA) is 15.3 Å². The Labute approximate surface area is 117 Å². The van der Waals surface area contributed by atoms with Crippen LogP contribution < -0.4 is 5.32 Å². The molecule has 2 atom stereocenters. The van der Waals surface area contributed by atoms with Gasteiger partial charge in [0.1, 0.15) is 0 Å². The number of nitrogens with zero attached hydrogens (tertiary/aromatic N) is 1. The molecule has 2 saturated heterocycles. The van der Waals surface area contributed by atoms with Crippen LogP contribution in [-0.2, 0) is 6.42 Å². The van der Waals surface area contributed by atoms with Crippen LogP contribution in [-0.4, -0.2) is 37.1 Å². The molecule has 0 aromatic heterocycles. The molecule has 2 fully saturated rings. The molecule has 0 saturated carbocycles. The zero-order valence-corrected chi connectivity index (χ0v) is 12.1. The van der Waals surface area contributed by atoms with Crippen LogP contribution >= 0.6 is 0 Å². The SMILES string of the molecule is CC1(CN2CCCC2Cc2ccccc2)CCNC1. The number of likely N-dealkylation sites (tertiary alicyclic amines) is 1. The van der Waals surface area contributed by atoms with Crippen molar-refractivity contribution in [2.45, 2.75) is 38.6 Å². The van der Waals surface area contributed by atoms with E-state index in [2.05, 4.69) is 47.5 Å². The average molecular weight is 258 g/mol. The number of hydrogen-bond donors (Lipinski definition) is 1. The predicted molar refractivity (Wildman–Crippen MR) is 80.3 cm³/mol. The largest absolute Gasteiger partial charge is 0.316 e. The second-order valence-electron chi connectivity index (χ2n) is 6.69. The molecule has 1 aromatic rings. The lowest BCUT2D eigenvalue weighted by atomic mass is 9.88. The van der Waals surface area contributed by atoms with E-state index in [1.807, 2.05) is 0 Å². The molecule has 2 aliphatic heterocycles. The molecule has 2 unspecified atom stereocenters. The van der Waals surface area contributed by atoms with Crippen LogP contribution in [0.3, 0.4) is 0 Å². The molecule has 2 heteroatoms. The Hall–Kier alpha value is -0.860. The second kappa shape index (κ2) is 5.64. The van der Waals surface area contributed by atoms with Gasteiger partial charge in [0.2, 0.25) is 0 Å². The number of rotatable bonds is 4. The fraction of sp³-hybridized carbons (Fsp3) is 0.647. The van der Waals surface area contributed by atoms with E-state index in [-0.39, 0.29) is 0 Å². The van der Waals surface area contributed by atoms with E-state index in [4.69, 9.17) is 0 Å². The standard InChI is InChI=1S/C17H26N2/c1-17(9-10-18-13-17)14-19-11-5-8-16(19)12-15-6-3-2-4-7-15/h2-4,6-7,16,18H,5,8-14H2,1H3. The maximum absolute atomic E-state index is 3.52. The molecule has 2 heterocycles. The van der Waals surface area contributed by atoms with E-state index in [0.29, 0.717) is 5.41 Å². The fourth-order valence-electron chi connectivity index (χ4n) is 3.71. The van der Waals surface area contributed by atoms with Gasteiger partial charge in [-0.25, -0.2) is 0 Å². The summed E-state index contributed by atoms with van der Waals surface area (Å²) in [4.78, 5) is 2.75. The zero-order valence-electron chi connectivity index (χ0n) is 12.1. The molecule has 104 valence electrons. The second-order valence-corrected chi connectivity index (χ2v) is 6.69. The number of nitrogens with one attached hydrogen (secondary N) is 1. The lowest BCUT2D eigenvalue weighted by Gasteiger charge is -2.33. The highest BCUT2D eigenvalue weighted by Gasteiger charge is 2.34. The van der Waals surface area contributed by atoms with Crippen LogP contribution in [0.1, 0.15) is 31.7 Å². The summed E-state index contributed by atoms with van der Waals surface area (Å²) in [6.45, 7) is 7.42. The summed E-state index contributed by atoms with van der Waals surface area (Å²) >= 11 is 0. The maximum Gasteiger partial charge on any atom is 0.0136 e. The molecule has 3 rings (SSSR count). The van der Waals surface area contributed by atoms with E-state index in [1.165, 1.54) is 57.4 Å². The first-order valence-electron chi connectivity index (χ1n) is 7.74. The van der Waals surface area contributed by atoms with E-state index >= 15 is 0 Å². The Morgan fingerprint density at radius 1 is 1.32 bits per heavy atom. The summed E-state index contributed by atoms with van der Waals surface area (Å²) in [5.74, 6) is 0. The van der Waals surface area contributed by atoms with Crippen molar-refractivity contribution in [1.82, 2.24) is 10.2 Å². The van der Waals surface area contributed by atoms with Gasteiger partial charge in [0.25, 0.3) is 0 Å². The van der Waals surface area contributed by atoms with E-state index in [9.17, 15) is 0 Å². The Kier molecular flexibility index (Phi) is 3.90. The molecule has 0 amide bonds. The molecule has 1 aromatic carbocycles. The maximum atomic E-state index is 3.52. The van der Waals surface area contributed by atoms with Crippen molar-refractivity contribution < 1.29 is 0 Å². The number of hydrogen-bond acceptors (Lipinski definition) is 2. The first-order valence-corrected chi connectivity index (χ1v) is 7.74. The molecule has 0 spiro atoms. The van der Waals surface area contributed by atoms with Crippen molar-refractivity contribution in [3.05, 3.63) is 35.9 Å². The van der Waals surface area contributed by atoms with Gasteiger partial charge in [-0.05, 0) is 49.8 Å². The smallest absolute Gasteiger partial charge is 0.0136 e. The Morgan fingerprint density at radius 3 is 2.89 bits per heavy atom. The first-order chi connectivity index (χ1) is 9.25. The third kappa shape index (κ3) is 3.18. The molecule has 2 nitrogen and oxygen atoms in total. The van der Waals surface area contributed by atoms with Crippen LogP contribution in [0, 0.1) is 5.41 Å². The van der Waals surface area contributed by atoms with Gasteiger partial charge in [-0.1, -0.05) is 37.3 Å². The van der Waals surface area contributed by atoms with Crippen molar-refractivity contribution in [3.63, 3.8) is 0 Å². The minimum absolute atomic E-state index is 0.499. The van der Waals surface area contributed by atoms with Crippen molar-refractivity contribution in [1.29, 1.82) is 0 Å². The third-order valence-electron chi connectivity index (χ3n) is 4.86. The number of benzene rings is 1. The zero-order chi connectivity index (χ0) is 13.1. The van der Waals surface area contributed by atoms with Gasteiger partial charge in [-0.15, -0.1) is 0 Å². The summed E-state index contributed by atoms with van der Waals surface area (Å²) in [5, 5.41) is 3.52. The van der Waals surface area contributed by atoms with E-state index < -0.39 is 0 Å². The predicted octanol–water partition coefficient (Wildman–Crippen LogP) is 2.69. The monoisotopic (exact) mass is 258 g/mol. The van der Waals surface area contributed by atoms with Crippen LogP contribution in [0.15, 0.2) is 30.3 Å². The van der Waals surface area contributed by atoms with E-state index in [1.54, 1.807) is 0 Å². The summed E-state index contributed by atoms with van der Waals surface area (Å²) in [7, 11) is 0. The summed E-state index contributed by atoms with van der Waals surface area (Å²) in [6, 6.07) is 11.7. The van der Waals surface area contributed by atoms with Crippen molar-refractivity contribution >= 4 is 0 Å². The van der Waals surface area contributed by atoms with Crippen LogP contribution in [0.2, 0.25) is 0 Å². The minimum atomic E-state index is 0.499. The lowest BCUT2D eigenvalue weighted by molar-refractivity contribution is 0.164. The van der Waals surface area contributed by atoms with Gasteiger partial charge >= 0.3 is 0 Å². The average Bonchev–Trinajstić information content (AvgIpc) is 3.02. The lowest BCUT2D eigenvalue weighted by Crippen LogP contribution is -2.40. The van der Waals surface area contributed by atoms with E-state index in [0.717, 1.165) is 6.04 Å². The quantitative estimate of drug-likeness (QED) is 0.893. The third-order valence-corrected chi connectivity index (χ3v) is 4.86. The molecule has 0 bridgehead atoms. The van der Waals surface area contributed by atoms with Crippen LogP contribution in [0.25, 0.3) is 0 Å². The Balaban J connectivity index is 1.61. The van der Waals surface area contributed by atoms with Gasteiger partial charge in [-0.3, -0.25) is 4.90 Å². The Morgan fingerprint density at radius 2 is 2.16 bits per heavy atom. The van der Waals surface area contributed by atoms with Crippen molar-refractivity contribution in [2.24, 2.45) is 5.41 Å². The Bertz CT molecular complexity index is 395. The summed E-state index contributed by atoms with van der Waals surface area (Å²) in [5.41, 5.74) is 1.99. The fourth-order valence-corrected chi connectivity index (χ4v) is 3.71.